The molecule has 0 aliphatic heterocycles. The monoisotopic (exact) mass is 239 g/mol. The zero-order valence-electron chi connectivity index (χ0n) is 11.2. The summed E-state index contributed by atoms with van der Waals surface area (Å²) in [7, 11) is 1.73. The maximum atomic E-state index is 5.47. The molecule has 18 heavy (non-hydrogen) atoms. The largest absolute Gasteiger partial charge is 0.496 e. The van der Waals surface area contributed by atoms with Crippen molar-refractivity contribution in [3.63, 3.8) is 0 Å². The third kappa shape index (κ3) is 1.42. The number of rotatable bonds is 1. The first-order chi connectivity index (χ1) is 8.61. The average Bonchev–Trinajstić information content (AvgIpc) is 2.72. The minimum absolute atomic E-state index is 0.961. The van der Waals surface area contributed by atoms with Crippen molar-refractivity contribution in [1.29, 1.82) is 0 Å². The average molecular weight is 239 g/mol. The van der Waals surface area contributed by atoms with Gasteiger partial charge in [-0.3, -0.25) is 0 Å². The Kier molecular flexibility index (Phi) is 2.34. The smallest absolute Gasteiger partial charge is 0.122 e. The Morgan fingerprint density at radius 2 is 1.72 bits per heavy atom. The van der Waals surface area contributed by atoms with E-state index in [2.05, 4.69) is 50.0 Å². The normalized spacial score (nSPS) is 11.3. The fraction of sp³-hybridized carbons (Fsp3) is 0.250. The van der Waals surface area contributed by atoms with E-state index in [1.165, 1.54) is 38.5 Å². The van der Waals surface area contributed by atoms with Gasteiger partial charge in [0.2, 0.25) is 0 Å². The molecule has 0 amide bonds. The lowest BCUT2D eigenvalue weighted by molar-refractivity contribution is 0.412. The Morgan fingerprint density at radius 1 is 0.944 bits per heavy atom. The number of aryl methyl sites for hydroxylation is 2. The van der Waals surface area contributed by atoms with Crippen LogP contribution in [0.4, 0.5) is 0 Å². The number of hydrogen-bond acceptors (Lipinski definition) is 1. The molecular formula is C16H17NO. The van der Waals surface area contributed by atoms with E-state index in [4.69, 9.17) is 4.74 Å². The van der Waals surface area contributed by atoms with Crippen LogP contribution in [0.1, 0.15) is 16.7 Å². The van der Waals surface area contributed by atoms with Crippen LogP contribution in [0.3, 0.4) is 0 Å². The van der Waals surface area contributed by atoms with Gasteiger partial charge in [-0.1, -0.05) is 11.6 Å². The number of hydrogen-bond donors (Lipinski definition) is 1. The second kappa shape index (κ2) is 3.77. The van der Waals surface area contributed by atoms with E-state index in [-0.39, 0.29) is 0 Å². The molecular weight excluding hydrogens is 222 g/mol. The lowest BCUT2D eigenvalue weighted by atomic mass is 10.0. The molecule has 1 aromatic heterocycles. The van der Waals surface area contributed by atoms with Gasteiger partial charge in [0, 0.05) is 21.8 Å². The number of nitrogens with one attached hydrogen (secondary N) is 1. The summed E-state index contributed by atoms with van der Waals surface area (Å²) in [6, 6.07) is 8.64. The van der Waals surface area contributed by atoms with Crippen molar-refractivity contribution in [2.75, 3.05) is 7.11 Å². The molecule has 0 atom stereocenters. The molecule has 0 saturated carbocycles. The topological polar surface area (TPSA) is 25.0 Å². The highest BCUT2D eigenvalue weighted by Gasteiger charge is 2.12. The molecule has 2 heteroatoms. The molecule has 0 spiro atoms. The molecule has 1 heterocycles. The summed E-state index contributed by atoms with van der Waals surface area (Å²) in [6.07, 6.45) is 0. The Bertz CT molecular complexity index is 753. The van der Waals surface area contributed by atoms with E-state index in [1.807, 2.05) is 0 Å². The standard InChI is InChI=1S/C16H17NO/c1-9-5-6-14-12(7-9)13-8-15(18-4)10(2)11(3)16(13)17-14/h5-8,17H,1-4H3. The molecule has 0 radical (unpaired) electrons. The van der Waals surface area contributed by atoms with Gasteiger partial charge >= 0.3 is 0 Å². The van der Waals surface area contributed by atoms with Crippen LogP contribution in [0.25, 0.3) is 21.8 Å². The minimum Gasteiger partial charge on any atom is -0.496 e. The molecule has 2 aromatic carbocycles. The van der Waals surface area contributed by atoms with Gasteiger partial charge in [-0.2, -0.15) is 0 Å². The van der Waals surface area contributed by atoms with Gasteiger partial charge in [-0.25, -0.2) is 0 Å². The van der Waals surface area contributed by atoms with Gasteiger partial charge in [-0.05, 0) is 50.1 Å². The van der Waals surface area contributed by atoms with Crippen molar-refractivity contribution in [2.24, 2.45) is 0 Å². The van der Waals surface area contributed by atoms with Crippen LogP contribution in [0.5, 0.6) is 5.75 Å². The molecule has 3 aromatic rings. The molecule has 0 bridgehead atoms. The van der Waals surface area contributed by atoms with Crippen LogP contribution in [0, 0.1) is 20.8 Å². The third-order valence-electron chi connectivity index (χ3n) is 3.80. The summed E-state index contributed by atoms with van der Waals surface area (Å²) in [5.74, 6) is 0.961. The number of ether oxygens (including phenoxy) is 1. The summed E-state index contributed by atoms with van der Waals surface area (Å²) in [5, 5.41) is 2.51. The predicted molar refractivity (Wildman–Crippen MR) is 76.6 cm³/mol. The number of benzene rings is 2. The second-order valence-corrected chi connectivity index (χ2v) is 4.93. The highest BCUT2D eigenvalue weighted by atomic mass is 16.5. The number of aromatic nitrogens is 1. The lowest BCUT2D eigenvalue weighted by Crippen LogP contribution is -1.90. The van der Waals surface area contributed by atoms with Gasteiger partial charge in [0.15, 0.2) is 0 Å². The molecule has 0 aliphatic rings. The fourth-order valence-electron chi connectivity index (χ4n) is 2.60. The Morgan fingerprint density at radius 3 is 2.44 bits per heavy atom. The third-order valence-corrected chi connectivity index (χ3v) is 3.80. The van der Waals surface area contributed by atoms with Crippen molar-refractivity contribution in [3.05, 3.63) is 41.0 Å². The number of methoxy groups -OCH3 is 1. The van der Waals surface area contributed by atoms with E-state index in [0.717, 1.165) is 5.75 Å². The van der Waals surface area contributed by atoms with Gasteiger partial charge in [0.1, 0.15) is 5.75 Å². The Balaban J connectivity index is 2.52. The molecule has 1 N–H and O–H groups in total. The molecule has 92 valence electrons. The fourth-order valence-corrected chi connectivity index (χ4v) is 2.60. The van der Waals surface area contributed by atoms with Gasteiger partial charge in [-0.15, -0.1) is 0 Å². The second-order valence-electron chi connectivity index (χ2n) is 4.93. The van der Waals surface area contributed by atoms with Crippen molar-refractivity contribution in [2.45, 2.75) is 20.8 Å². The van der Waals surface area contributed by atoms with E-state index < -0.39 is 0 Å². The van der Waals surface area contributed by atoms with Crippen molar-refractivity contribution >= 4 is 21.8 Å². The van der Waals surface area contributed by atoms with Crippen LogP contribution >= 0.6 is 0 Å². The van der Waals surface area contributed by atoms with Crippen molar-refractivity contribution in [3.8, 4) is 5.75 Å². The summed E-state index contributed by atoms with van der Waals surface area (Å²) >= 11 is 0. The first kappa shape index (κ1) is 11.1. The maximum absolute atomic E-state index is 5.47. The quantitative estimate of drug-likeness (QED) is 0.674. The predicted octanol–water partition coefficient (Wildman–Crippen LogP) is 4.25. The Hall–Kier alpha value is -1.96. The van der Waals surface area contributed by atoms with E-state index in [1.54, 1.807) is 7.11 Å². The SMILES string of the molecule is COc1cc2c([nH]c3ccc(C)cc32)c(C)c1C. The van der Waals surface area contributed by atoms with Crippen LogP contribution < -0.4 is 4.74 Å². The number of aromatic amines is 1. The van der Waals surface area contributed by atoms with Crippen LogP contribution in [-0.4, -0.2) is 12.1 Å². The first-order valence-corrected chi connectivity index (χ1v) is 6.18. The Labute approximate surface area is 107 Å². The van der Waals surface area contributed by atoms with Crippen LogP contribution in [0.15, 0.2) is 24.3 Å². The van der Waals surface area contributed by atoms with E-state index >= 15 is 0 Å². The summed E-state index contributed by atoms with van der Waals surface area (Å²) in [6.45, 7) is 6.36. The zero-order valence-corrected chi connectivity index (χ0v) is 11.2. The van der Waals surface area contributed by atoms with Gasteiger partial charge in [0.25, 0.3) is 0 Å². The summed E-state index contributed by atoms with van der Waals surface area (Å²) in [5.41, 5.74) is 6.15. The molecule has 0 fully saturated rings. The van der Waals surface area contributed by atoms with E-state index in [0.29, 0.717) is 0 Å². The molecule has 3 rings (SSSR count). The number of fused-ring (bicyclic) bond motifs is 3. The maximum Gasteiger partial charge on any atom is 0.122 e. The minimum atomic E-state index is 0.961. The van der Waals surface area contributed by atoms with Crippen LogP contribution in [0.2, 0.25) is 0 Å². The molecule has 0 unspecified atom stereocenters. The molecule has 2 nitrogen and oxygen atoms in total. The molecule has 0 aliphatic carbocycles. The van der Waals surface area contributed by atoms with Gasteiger partial charge < -0.3 is 9.72 Å². The number of H-pyrrole nitrogens is 1. The first-order valence-electron chi connectivity index (χ1n) is 6.18. The van der Waals surface area contributed by atoms with E-state index in [9.17, 15) is 0 Å². The van der Waals surface area contributed by atoms with Crippen LogP contribution in [-0.2, 0) is 0 Å². The van der Waals surface area contributed by atoms with Gasteiger partial charge in [0.05, 0.1) is 7.11 Å². The molecule has 0 saturated heterocycles. The summed E-state index contributed by atoms with van der Waals surface area (Å²) in [4.78, 5) is 3.51. The summed E-state index contributed by atoms with van der Waals surface area (Å²) < 4.78 is 5.47. The van der Waals surface area contributed by atoms with Crippen molar-refractivity contribution < 1.29 is 4.74 Å². The lowest BCUT2D eigenvalue weighted by Gasteiger charge is -2.08. The highest BCUT2D eigenvalue weighted by Crippen LogP contribution is 2.34. The highest BCUT2D eigenvalue weighted by molar-refractivity contribution is 6.09. The zero-order chi connectivity index (χ0) is 12.9. The van der Waals surface area contributed by atoms with Crippen molar-refractivity contribution in [1.82, 2.24) is 4.98 Å².